The van der Waals surface area contributed by atoms with Crippen molar-refractivity contribution >= 4 is 23.4 Å². The second-order valence-electron chi connectivity index (χ2n) is 5.30. The summed E-state index contributed by atoms with van der Waals surface area (Å²) in [6, 6.07) is 20.6. The lowest BCUT2D eigenvalue weighted by Gasteiger charge is -2.17. The zero-order valence-electron chi connectivity index (χ0n) is 13.1. The van der Waals surface area contributed by atoms with E-state index in [9.17, 15) is 9.59 Å². The van der Waals surface area contributed by atoms with Crippen molar-refractivity contribution in [1.29, 1.82) is 0 Å². The highest BCUT2D eigenvalue weighted by Gasteiger charge is 2.26. The van der Waals surface area contributed by atoms with Gasteiger partial charge in [0.15, 0.2) is 6.10 Å². The minimum Gasteiger partial charge on any atom is -0.445 e. The normalized spacial score (nSPS) is 11.6. The molecule has 1 atom stereocenters. The summed E-state index contributed by atoms with van der Waals surface area (Å²) in [4.78, 5) is 29.1. The number of halogens is 1. The minimum atomic E-state index is -1.04. The Hall–Kier alpha value is -2.98. The van der Waals surface area contributed by atoms with Crippen LogP contribution in [0.25, 0.3) is 0 Å². The summed E-state index contributed by atoms with van der Waals surface area (Å²) >= 11 is 5.73. The highest BCUT2D eigenvalue weighted by atomic mass is 35.5. The fourth-order valence-electron chi connectivity index (χ4n) is 2.33. The maximum absolute atomic E-state index is 12.9. The molecule has 0 saturated heterocycles. The summed E-state index contributed by atoms with van der Waals surface area (Å²) in [5.74, 6) is -0.927. The Morgan fingerprint density at radius 3 is 2.08 bits per heavy atom. The van der Waals surface area contributed by atoms with Gasteiger partial charge in [-0.2, -0.15) is 0 Å². The molecule has 0 N–H and O–H groups in total. The number of benzene rings is 2. The van der Waals surface area contributed by atoms with Gasteiger partial charge in [0.1, 0.15) is 5.15 Å². The molecule has 0 bridgehead atoms. The number of hydrogen-bond acceptors (Lipinski definition) is 4. The number of esters is 1. The maximum Gasteiger partial charge on any atom is 0.340 e. The lowest BCUT2D eigenvalue weighted by Crippen LogP contribution is -2.20. The van der Waals surface area contributed by atoms with Crippen LogP contribution in [0.2, 0.25) is 5.15 Å². The molecule has 1 unspecified atom stereocenters. The van der Waals surface area contributed by atoms with E-state index in [4.69, 9.17) is 16.3 Å². The number of rotatable bonds is 5. The van der Waals surface area contributed by atoms with Gasteiger partial charge in [0, 0.05) is 17.3 Å². The predicted molar refractivity (Wildman–Crippen MR) is 94.6 cm³/mol. The van der Waals surface area contributed by atoms with Crippen LogP contribution in [0.3, 0.4) is 0 Å². The van der Waals surface area contributed by atoms with Crippen molar-refractivity contribution in [3.8, 4) is 0 Å². The number of nitrogens with zero attached hydrogens (tertiary/aromatic N) is 1. The van der Waals surface area contributed by atoms with Gasteiger partial charge in [-0.15, -0.1) is 0 Å². The van der Waals surface area contributed by atoms with E-state index in [2.05, 4.69) is 4.98 Å². The van der Waals surface area contributed by atoms with Crippen LogP contribution in [0.4, 0.5) is 0 Å². The zero-order valence-corrected chi connectivity index (χ0v) is 13.9. The van der Waals surface area contributed by atoms with Gasteiger partial charge in [-0.3, -0.25) is 4.79 Å². The summed E-state index contributed by atoms with van der Waals surface area (Å²) in [5, 5.41) is 0.275. The summed E-state index contributed by atoms with van der Waals surface area (Å²) in [5.41, 5.74) is 1.30. The first-order chi connectivity index (χ1) is 12.1. The number of carbonyl (C=O) groups is 2. The van der Waals surface area contributed by atoms with Gasteiger partial charge in [-0.25, -0.2) is 9.78 Å². The highest BCUT2D eigenvalue weighted by molar-refractivity contribution is 6.29. The van der Waals surface area contributed by atoms with E-state index in [-0.39, 0.29) is 16.5 Å². The van der Waals surface area contributed by atoms with Crippen LogP contribution in [0, 0.1) is 0 Å². The van der Waals surface area contributed by atoms with E-state index in [0.29, 0.717) is 11.1 Å². The van der Waals surface area contributed by atoms with E-state index in [1.807, 2.05) is 12.1 Å². The van der Waals surface area contributed by atoms with Crippen molar-refractivity contribution in [2.45, 2.75) is 6.10 Å². The van der Waals surface area contributed by atoms with Gasteiger partial charge < -0.3 is 4.74 Å². The third-order valence-corrected chi connectivity index (χ3v) is 3.81. The summed E-state index contributed by atoms with van der Waals surface area (Å²) in [6.45, 7) is 0. The van der Waals surface area contributed by atoms with Crippen LogP contribution in [0.1, 0.15) is 32.4 Å². The Labute approximate surface area is 150 Å². The second kappa shape index (κ2) is 7.73. The predicted octanol–water partition coefficient (Wildman–Crippen LogP) is 4.52. The molecule has 1 aromatic heterocycles. The fourth-order valence-corrected chi connectivity index (χ4v) is 2.44. The standard InChI is InChI=1S/C20H14ClNO3/c21-17-12-11-16(13-22-17)20(24)25-19(15-9-5-2-6-10-15)18(23)14-7-3-1-4-8-14/h1-13,19H. The van der Waals surface area contributed by atoms with Crippen molar-refractivity contribution in [3.63, 3.8) is 0 Å². The van der Waals surface area contributed by atoms with Crippen LogP contribution < -0.4 is 0 Å². The van der Waals surface area contributed by atoms with Gasteiger partial charge >= 0.3 is 5.97 Å². The van der Waals surface area contributed by atoms with Crippen LogP contribution in [-0.4, -0.2) is 16.7 Å². The first-order valence-corrected chi connectivity index (χ1v) is 7.99. The molecular weight excluding hydrogens is 338 g/mol. The molecule has 2 aromatic carbocycles. The molecule has 0 aliphatic carbocycles. The Bertz CT molecular complexity index is 864. The molecule has 4 nitrogen and oxygen atoms in total. The van der Waals surface area contributed by atoms with Gasteiger partial charge in [-0.1, -0.05) is 72.3 Å². The molecule has 0 amide bonds. The van der Waals surface area contributed by atoms with Gasteiger partial charge in [0.25, 0.3) is 0 Å². The Balaban J connectivity index is 1.90. The molecule has 0 fully saturated rings. The van der Waals surface area contributed by atoms with E-state index < -0.39 is 12.1 Å². The van der Waals surface area contributed by atoms with Crippen molar-refractivity contribution in [2.24, 2.45) is 0 Å². The van der Waals surface area contributed by atoms with Crippen LogP contribution in [0.5, 0.6) is 0 Å². The van der Waals surface area contributed by atoms with E-state index >= 15 is 0 Å². The molecule has 5 heteroatoms. The smallest absolute Gasteiger partial charge is 0.340 e. The SMILES string of the molecule is O=C(OC(C(=O)c1ccccc1)c1ccccc1)c1ccc(Cl)nc1. The molecule has 0 radical (unpaired) electrons. The van der Waals surface area contributed by atoms with Gasteiger partial charge in [-0.05, 0) is 12.1 Å². The average molecular weight is 352 g/mol. The molecular formula is C20H14ClNO3. The molecule has 25 heavy (non-hydrogen) atoms. The van der Waals surface area contributed by atoms with E-state index in [1.165, 1.54) is 18.3 Å². The minimum absolute atomic E-state index is 0.228. The summed E-state index contributed by atoms with van der Waals surface area (Å²) in [7, 11) is 0. The third-order valence-electron chi connectivity index (χ3n) is 3.59. The lowest BCUT2D eigenvalue weighted by atomic mass is 10.00. The number of ether oxygens (including phenoxy) is 1. The second-order valence-corrected chi connectivity index (χ2v) is 5.68. The zero-order chi connectivity index (χ0) is 17.6. The summed E-state index contributed by atoms with van der Waals surface area (Å²) in [6.07, 6.45) is 0.284. The Morgan fingerprint density at radius 1 is 0.840 bits per heavy atom. The molecule has 0 aliphatic heterocycles. The molecule has 0 saturated carbocycles. The molecule has 3 aromatic rings. The number of pyridine rings is 1. The van der Waals surface area contributed by atoms with Crippen LogP contribution in [0.15, 0.2) is 79.0 Å². The number of carbonyl (C=O) groups excluding carboxylic acids is 2. The number of ketones is 1. The Morgan fingerprint density at radius 2 is 1.48 bits per heavy atom. The van der Waals surface area contributed by atoms with Gasteiger partial charge in [0.2, 0.25) is 5.78 Å². The van der Waals surface area contributed by atoms with Crippen molar-refractivity contribution < 1.29 is 14.3 Å². The molecule has 1 heterocycles. The topological polar surface area (TPSA) is 56.3 Å². The van der Waals surface area contributed by atoms with Gasteiger partial charge in [0.05, 0.1) is 5.56 Å². The Kier molecular flexibility index (Phi) is 5.21. The summed E-state index contributed by atoms with van der Waals surface area (Å²) < 4.78 is 5.51. The number of Topliss-reactive ketones (excluding diaryl/α,β-unsaturated/α-hetero) is 1. The van der Waals surface area contributed by atoms with Crippen LogP contribution >= 0.6 is 11.6 Å². The van der Waals surface area contributed by atoms with Crippen LogP contribution in [-0.2, 0) is 4.74 Å². The van der Waals surface area contributed by atoms with Crippen molar-refractivity contribution in [2.75, 3.05) is 0 Å². The average Bonchev–Trinajstić information content (AvgIpc) is 2.67. The van der Waals surface area contributed by atoms with E-state index in [0.717, 1.165) is 0 Å². The lowest BCUT2D eigenvalue weighted by molar-refractivity contribution is 0.0279. The fraction of sp³-hybridized carbons (Fsp3) is 0.0500. The first kappa shape index (κ1) is 16.9. The largest absolute Gasteiger partial charge is 0.445 e. The number of aromatic nitrogens is 1. The quantitative estimate of drug-likeness (QED) is 0.385. The monoisotopic (exact) mass is 351 g/mol. The maximum atomic E-state index is 12.9. The number of hydrogen-bond donors (Lipinski definition) is 0. The molecule has 0 spiro atoms. The molecule has 124 valence electrons. The van der Waals surface area contributed by atoms with Crippen molar-refractivity contribution in [1.82, 2.24) is 4.98 Å². The van der Waals surface area contributed by atoms with E-state index in [1.54, 1.807) is 48.5 Å². The molecule has 0 aliphatic rings. The van der Waals surface area contributed by atoms with Crippen molar-refractivity contribution in [3.05, 3.63) is 101 Å². The molecule has 3 rings (SSSR count). The third kappa shape index (κ3) is 4.11. The highest BCUT2D eigenvalue weighted by Crippen LogP contribution is 2.24. The first-order valence-electron chi connectivity index (χ1n) is 7.62.